The summed E-state index contributed by atoms with van der Waals surface area (Å²) in [6.45, 7) is 3.57. The van der Waals surface area contributed by atoms with Crippen LogP contribution in [0.4, 0.5) is 15.8 Å². The van der Waals surface area contributed by atoms with Crippen LogP contribution in [-0.4, -0.2) is 22.0 Å². The molecule has 0 aromatic heterocycles. The summed E-state index contributed by atoms with van der Waals surface area (Å²) in [7, 11) is 0. The molecule has 2 N–H and O–H groups in total. The Morgan fingerprint density at radius 1 is 1.53 bits per heavy atom. The second-order valence-electron chi connectivity index (χ2n) is 4.51. The van der Waals surface area contributed by atoms with Crippen molar-refractivity contribution in [1.82, 2.24) is 0 Å². The topological polar surface area (TPSA) is 92.5 Å². The second kappa shape index (κ2) is 6.12. The normalized spacial score (nSPS) is 12.2. The summed E-state index contributed by atoms with van der Waals surface area (Å²) < 4.78 is 13.1. The lowest BCUT2D eigenvalue weighted by Gasteiger charge is -2.21. The predicted octanol–water partition coefficient (Wildman–Crippen LogP) is 2.65. The van der Waals surface area contributed by atoms with Gasteiger partial charge in [-0.25, -0.2) is 4.39 Å². The summed E-state index contributed by atoms with van der Waals surface area (Å²) in [6, 6.07) is 2.52. The van der Waals surface area contributed by atoms with Crippen LogP contribution in [0, 0.1) is 21.8 Å². The molecule has 0 fully saturated rings. The minimum Gasteiger partial charge on any atom is -0.481 e. The summed E-state index contributed by atoms with van der Waals surface area (Å²) in [5, 5.41) is 22.4. The minimum absolute atomic E-state index is 0.00931. The SMILES string of the molecule is CC(C)C(CC(=O)O)Nc1cc(F)ccc1[N+](=O)[O-]. The molecule has 0 aliphatic rings. The Hall–Kier alpha value is -2.18. The summed E-state index contributed by atoms with van der Waals surface area (Å²) in [5.74, 6) is -1.71. The van der Waals surface area contributed by atoms with Gasteiger partial charge in [-0.1, -0.05) is 13.8 Å². The number of carboxylic acid groups (broad SMARTS) is 1. The van der Waals surface area contributed by atoms with Crippen molar-refractivity contribution in [2.45, 2.75) is 26.3 Å². The van der Waals surface area contributed by atoms with Crippen LogP contribution in [0.1, 0.15) is 20.3 Å². The third-order valence-corrected chi connectivity index (χ3v) is 2.70. The molecular weight excluding hydrogens is 255 g/mol. The first-order valence-corrected chi connectivity index (χ1v) is 5.73. The van der Waals surface area contributed by atoms with Crippen LogP contribution in [0.25, 0.3) is 0 Å². The van der Waals surface area contributed by atoms with E-state index in [9.17, 15) is 19.3 Å². The molecule has 0 bridgehead atoms. The maximum Gasteiger partial charge on any atom is 0.305 e. The molecule has 0 amide bonds. The van der Waals surface area contributed by atoms with Crippen LogP contribution in [0.3, 0.4) is 0 Å². The number of halogens is 1. The molecule has 19 heavy (non-hydrogen) atoms. The number of carboxylic acids is 1. The highest BCUT2D eigenvalue weighted by Crippen LogP contribution is 2.27. The molecule has 104 valence electrons. The van der Waals surface area contributed by atoms with Crippen molar-refractivity contribution in [3.8, 4) is 0 Å². The van der Waals surface area contributed by atoms with Gasteiger partial charge in [0.25, 0.3) is 5.69 Å². The number of nitro groups is 1. The molecular formula is C12H15FN2O4. The van der Waals surface area contributed by atoms with Crippen molar-refractivity contribution in [1.29, 1.82) is 0 Å². The van der Waals surface area contributed by atoms with Crippen molar-refractivity contribution in [3.05, 3.63) is 34.1 Å². The van der Waals surface area contributed by atoms with Gasteiger partial charge in [0.2, 0.25) is 0 Å². The molecule has 1 unspecified atom stereocenters. The van der Waals surface area contributed by atoms with Gasteiger partial charge in [-0.3, -0.25) is 14.9 Å². The van der Waals surface area contributed by atoms with Gasteiger partial charge in [0.1, 0.15) is 11.5 Å². The van der Waals surface area contributed by atoms with E-state index in [1.807, 2.05) is 0 Å². The molecule has 0 saturated heterocycles. The van der Waals surface area contributed by atoms with Gasteiger partial charge in [-0.2, -0.15) is 0 Å². The Labute approximate surface area is 109 Å². The van der Waals surface area contributed by atoms with Gasteiger partial charge in [0.05, 0.1) is 11.3 Å². The summed E-state index contributed by atoms with van der Waals surface area (Å²) >= 11 is 0. The summed E-state index contributed by atoms with van der Waals surface area (Å²) in [6.07, 6.45) is -0.203. The van der Waals surface area contributed by atoms with Crippen molar-refractivity contribution in [2.75, 3.05) is 5.32 Å². The molecule has 0 spiro atoms. The monoisotopic (exact) mass is 270 g/mol. The number of nitro benzene ring substituents is 1. The van der Waals surface area contributed by atoms with Gasteiger partial charge in [0, 0.05) is 18.2 Å². The smallest absolute Gasteiger partial charge is 0.305 e. The molecule has 1 aromatic carbocycles. The molecule has 7 heteroatoms. The number of benzene rings is 1. The van der Waals surface area contributed by atoms with Gasteiger partial charge >= 0.3 is 5.97 Å². The number of carbonyl (C=O) groups is 1. The highest BCUT2D eigenvalue weighted by atomic mass is 19.1. The number of nitrogens with zero attached hydrogens (tertiary/aromatic N) is 1. The van der Waals surface area contributed by atoms with E-state index in [0.717, 1.165) is 18.2 Å². The number of nitrogens with one attached hydrogen (secondary N) is 1. The Kier molecular flexibility index (Phi) is 4.80. The van der Waals surface area contributed by atoms with Crippen molar-refractivity contribution in [2.24, 2.45) is 5.92 Å². The van der Waals surface area contributed by atoms with Crippen molar-refractivity contribution < 1.29 is 19.2 Å². The molecule has 1 rings (SSSR count). The van der Waals surface area contributed by atoms with Gasteiger partial charge < -0.3 is 10.4 Å². The number of aliphatic carboxylic acids is 1. The fourth-order valence-corrected chi connectivity index (χ4v) is 1.62. The number of hydrogen-bond donors (Lipinski definition) is 2. The van der Waals surface area contributed by atoms with Crippen LogP contribution in [0.15, 0.2) is 18.2 Å². The quantitative estimate of drug-likeness (QED) is 0.612. The first kappa shape index (κ1) is 14.9. The van der Waals surface area contributed by atoms with Crippen molar-refractivity contribution in [3.63, 3.8) is 0 Å². The second-order valence-corrected chi connectivity index (χ2v) is 4.51. The van der Waals surface area contributed by atoms with E-state index in [1.54, 1.807) is 13.8 Å². The number of rotatable bonds is 6. The molecule has 6 nitrogen and oxygen atoms in total. The van der Waals surface area contributed by atoms with Gasteiger partial charge in [0.15, 0.2) is 0 Å². The largest absolute Gasteiger partial charge is 0.481 e. The first-order chi connectivity index (χ1) is 8.81. The van der Waals surface area contributed by atoms with Crippen LogP contribution >= 0.6 is 0 Å². The third-order valence-electron chi connectivity index (χ3n) is 2.70. The molecule has 1 atom stereocenters. The molecule has 0 aliphatic heterocycles. The fourth-order valence-electron chi connectivity index (χ4n) is 1.62. The minimum atomic E-state index is -1.02. The number of hydrogen-bond acceptors (Lipinski definition) is 4. The molecule has 0 saturated carbocycles. The van der Waals surface area contributed by atoms with Crippen LogP contribution < -0.4 is 5.32 Å². The Morgan fingerprint density at radius 2 is 2.16 bits per heavy atom. The Morgan fingerprint density at radius 3 is 2.63 bits per heavy atom. The third kappa shape index (κ3) is 4.20. The van der Waals surface area contributed by atoms with Crippen LogP contribution in [0.2, 0.25) is 0 Å². The molecule has 0 radical (unpaired) electrons. The average molecular weight is 270 g/mol. The zero-order valence-electron chi connectivity index (χ0n) is 10.6. The highest BCUT2D eigenvalue weighted by Gasteiger charge is 2.22. The highest BCUT2D eigenvalue weighted by molar-refractivity contribution is 5.69. The Balaban J connectivity index is 3.04. The van der Waals surface area contributed by atoms with E-state index in [4.69, 9.17) is 5.11 Å². The van der Waals surface area contributed by atoms with E-state index in [2.05, 4.69) is 5.32 Å². The fraction of sp³-hybridized carbons (Fsp3) is 0.417. The maximum atomic E-state index is 13.1. The zero-order valence-corrected chi connectivity index (χ0v) is 10.6. The van der Waals surface area contributed by atoms with E-state index in [1.165, 1.54) is 0 Å². The number of anilines is 1. The van der Waals surface area contributed by atoms with Gasteiger partial charge in [-0.15, -0.1) is 0 Å². The van der Waals surface area contributed by atoms with Crippen molar-refractivity contribution >= 4 is 17.3 Å². The molecule has 1 aromatic rings. The summed E-state index contributed by atoms with van der Waals surface area (Å²) in [4.78, 5) is 20.9. The van der Waals surface area contributed by atoms with E-state index >= 15 is 0 Å². The maximum absolute atomic E-state index is 13.1. The molecule has 0 aliphatic carbocycles. The predicted molar refractivity (Wildman–Crippen MR) is 67.6 cm³/mol. The standard InChI is InChI=1S/C12H15FN2O4/c1-7(2)9(6-12(16)17)14-10-5-8(13)3-4-11(10)15(18)19/h3-5,7,9,14H,6H2,1-2H3,(H,16,17). The lowest BCUT2D eigenvalue weighted by Crippen LogP contribution is -2.28. The van der Waals surface area contributed by atoms with Crippen LogP contribution in [-0.2, 0) is 4.79 Å². The Bertz CT molecular complexity index is 491. The molecule has 0 heterocycles. The lowest BCUT2D eigenvalue weighted by atomic mass is 10.0. The van der Waals surface area contributed by atoms with E-state index < -0.39 is 22.8 Å². The average Bonchev–Trinajstić information content (AvgIpc) is 2.26. The van der Waals surface area contributed by atoms with Gasteiger partial charge in [-0.05, 0) is 12.0 Å². The van der Waals surface area contributed by atoms with Crippen LogP contribution in [0.5, 0.6) is 0 Å². The zero-order chi connectivity index (χ0) is 14.6. The van der Waals surface area contributed by atoms with E-state index in [-0.39, 0.29) is 23.7 Å². The first-order valence-electron chi connectivity index (χ1n) is 5.73. The van der Waals surface area contributed by atoms with E-state index in [0.29, 0.717) is 0 Å². The lowest BCUT2D eigenvalue weighted by molar-refractivity contribution is -0.384. The summed E-state index contributed by atoms with van der Waals surface area (Å²) in [5.41, 5.74) is -0.289.